The molecule has 1 fully saturated rings. The van der Waals surface area contributed by atoms with Crippen LogP contribution in [0.3, 0.4) is 0 Å². The number of hydrogen-bond acceptors (Lipinski definition) is 2. The van der Waals surface area contributed by atoms with Gasteiger partial charge in [0.1, 0.15) is 5.82 Å². The van der Waals surface area contributed by atoms with Gasteiger partial charge in [-0.2, -0.15) is 11.8 Å². The standard InChI is InChI=1S/C15H22FNS/c1-11(12-4-6-13(16)7-5-12)17-14-8-15(2,3)10-18-9-14/h4-7,11,14,17H,8-10H2,1-3H3/t11-,14?/m0/s1. The average molecular weight is 267 g/mol. The Kier molecular flexibility index (Phi) is 4.33. The van der Waals surface area contributed by atoms with Gasteiger partial charge >= 0.3 is 0 Å². The van der Waals surface area contributed by atoms with E-state index in [1.165, 1.54) is 30.1 Å². The largest absolute Gasteiger partial charge is 0.307 e. The van der Waals surface area contributed by atoms with E-state index in [4.69, 9.17) is 0 Å². The Labute approximate surface area is 114 Å². The Morgan fingerprint density at radius 2 is 2.00 bits per heavy atom. The van der Waals surface area contributed by atoms with Crippen LogP contribution in [0.25, 0.3) is 0 Å². The summed E-state index contributed by atoms with van der Waals surface area (Å²) in [5.41, 5.74) is 1.58. The van der Waals surface area contributed by atoms with Crippen LogP contribution in [-0.4, -0.2) is 17.5 Å². The molecule has 0 spiro atoms. The lowest BCUT2D eigenvalue weighted by molar-refractivity contribution is 0.305. The fraction of sp³-hybridized carbons (Fsp3) is 0.600. The summed E-state index contributed by atoms with van der Waals surface area (Å²) in [6, 6.07) is 7.64. The number of hydrogen-bond donors (Lipinski definition) is 1. The third-order valence-corrected chi connectivity index (χ3v) is 5.09. The molecular weight excluding hydrogens is 245 g/mol. The molecule has 0 aromatic heterocycles. The van der Waals surface area contributed by atoms with E-state index in [0.29, 0.717) is 11.5 Å². The highest BCUT2D eigenvalue weighted by Gasteiger charge is 2.29. The normalized spacial score (nSPS) is 24.8. The van der Waals surface area contributed by atoms with Gasteiger partial charge in [0.15, 0.2) is 0 Å². The molecule has 1 aromatic rings. The molecule has 0 aliphatic carbocycles. The predicted molar refractivity (Wildman–Crippen MR) is 77.5 cm³/mol. The van der Waals surface area contributed by atoms with Crippen molar-refractivity contribution in [1.29, 1.82) is 0 Å². The Bertz CT molecular complexity index is 388. The Morgan fingerprint density at radius 3 is 2.61 bits per heavy atom. The van der Waals surface area contributed by atoms with Crippen molar-refractivity contribution < 1.29 is 4.39 Å². The molecule has 100 valence electrons. The Balaban J connectivity index is 1.94. The molecule has 3 heteroatoms. The molecule has 1 aliphatic heterocycles. The van der Waals surface area contributed by atoms with E-state index < -0.39 is 0 Å². The van der Waals surface area contributed by atoms with Gasteiger partial charge in [0.25, 0.3) is 0 Å². The van der Waals surface area contributed by atoms with Crippen molar-refractivity contribution in [2.75, 3.05) is 11.5 Å². The van der Waals surface area contributed by atoms with Crippen LogP contribution in [0.1, 0.15) is 38.8 Å². The van der Waals surface area contributed by atoms with Crippen LogP contribution < -0.4 is 5.32 Å². The van der Waals surface area contributed by atoms with Crippen molar-refractivity contribution in [2.45, 2.75) is 39.3 Å². The van der Waals surface area contributed by atoms with Gasteiger partial charge in [-0.3, -0.25) is 0 Å². The minimum Gasteiger partial charge on any atom is -0.307 e. The first-order valence-electron chi connectivity index (χ1n) is 6.55. The first kappa shape index (κ1) is 13.9. The quantitative estimate of drug-likeness (QED) is 0.888. The number of nitrogens with one attached hydrogen (secondary N) is 1. The maximum absolute atomic E-state index is 12.9. The van der Waals surface area contributed by atoms with E-state index in [2.05, 4.69) is 26.1 Å². The zero-order valence-electron chi connectivity index (χ0n) is 11.4. The van der Waals surface area contributed by atoms with Gasteiger partial charge < -0.3 is 5.32 Å². The highest BCUT2D eigenvalue weighted by atomic mass is 32.2. The van der Waals surface area contributed by atoms with E-state index in [0.717, 1.165) is 5.56 Å². The highest BCUT2D eigenvalue weighted by molar-refractivity contribution is 7.99. The van der Waals surface area contributed by atoms with Gasteiger partial charge in [-0.25, -0.2) is 4.39 Å². The minimum absolute atomic E-state index is 0.166. The van der Waals surface area contributed by atoms with Crippen LogP contribution in [0, 0.1) is 11.2 Å². The molecule has 1 heterocycles. The summed E-state index contributed by atoms with van der Waals surface area (Å²) in [6.07, 6.45) is 1.21. The van der Waals surface area contributed by atoms with Crippen molar-refractivity contribution in [3.63, 3.8) is 0 Å². The number of benzene rings is 1. The molecule has 1 saturated heterocycles. The lowest BCUT2D eigenvalue weighted by Crippen LogP contribution is -2.41. The van der Waals surface area contributed by atoms with E-state index >= 15 is 0 Å². The number of halogens is 1. The van der Waals surface area contributed by atoms with Crippen molar-refractivity contribution in [3.05, 3.63) is 35.6 Å². The molecule has 1 unspecified atom stereocenters. The maximum atomic E-state index is 12.9. The topological polar surface area (TPSA) is 12.0 Å². The zero-order valence-corrected chi connectivity index (χ0v) is 12.2. The molecule has 1 aromatic carbocycles. The average Bonchev–Trinajstić information content (AvgIpc) is 2.28. The third kappa shape index (κ3) is 3.72. The van der Waals surface area contributed by atoms with Gasteiger partial charge in [-0.15, -0.1) is 0 Å². The van der Waals surface area contributed by atoms with Gasteiger partial charge in [-0.05, 0) is 42.2 Å². The van der Waals surface area contributed by atoms with E-state index in [-0.39, 0.29) is 11.9 Å². The lowest BCUT2D eigenvalue weighted by atomic mass is 9.87. The second-order valence-corrected chi connectivity index (χ2v) is 7.05. The smallest absolute Gasteiger partial charge is 0.123 e. The fourth-order valence-electron chi connectivity index (χ4n) is 2.57. The summed E-state index contributed by atoms with van der Waals surface area (Å²) in [4.78, 5) is 0. The summed E-state index contributed by atoms with van der Waals surface area (Å²) in [5, 5.41) is 3.67. The van der Waals surface area contributed by atoms with Crippen molar-refractivity contribution in [1.82, 2.24) is 5.32 Å². The van der Waals surface area contributed by atoms with Gasteiger partial charge in [-0.1, -0.05) is 26.0 Å². The summed E-state index contributed by atoms with van der Waals surface area (Å²) in [6.45, 7) is 6.81. The summed E-state index contributed by atoms with van der Waals surface area (Å²) in [7, 11) is 0. The van der Waals surface area contributed by atoms with Gasteiger partial charge in [0.2, 0.25) is 0 Å². The number of thioether (sulfide) groups is 1. The molecule has 2 atom stereocenters. The molecular formula is C15H22FNS. The summed E-state index contributed by atoms with van der Waals surface area (Å²) < 4.78 is 12.9. The lowest BCUT2D eigenvalue weighted by Gasteiger charge is -2.36. The second kappa shape index (κ2) is 5.62. The first-order valence-corrected chi connectivity index (χ1v) is 7.71. The van der Waals surface area contributed by atoms with E-state index in [1.807, 2.05) is 23.9 Å². The Morgan fingerprint density at radius 1 is 1.33 bits per heavy atom. The van der Waals surface area contributed by atoms with Crippen LogP contribution in [0.15, 0.2) is 24.3 Å². The molecule has 0 saturated carbocycles. The molecule has 0 radical (unpaired) electrons. The first-order chi connectivity index (χ1) is 8.46. The maximum Gasteiger partial charge on any atom is 0.123 e. The second-order valence-electron chi connectivity index (χ2n) is 6.02. The third-order valence-electron chi connectivity index (χ3n) is 3.47. The van der Waals surface area contributed by atoms with Crippen LogP contribution in [0.4, 0.5) is 4.39 Å². The van der Waals surface area contributed by atoms with E-state index in [9.17, 15) is 4.39 Å². The van der Waals surface area contributed by atoms with Crippen LogP contribution in [0.2, 0.25) is 0 Å². The molecule has 1 aliphatic rings. The van der Waals surface area contributed by atoms with Gasteiger partial charge in [0, 0.05) is 17.8 Å². The SMILES string of the molecule is C[C@H](NC1CSCC(C)(C)C1)c1ccc(F)cc1. The summed E-state index contributed by atoms with van der Waals surface area (Å²) >= 11 is 2.03. The highest BCUT2D eigenvalue weighted by Crippen LogP contribution is 2.34. The van der Waals surface area contributed by atoms with Gasteiger partial charge in [0.05, 0.1) is 0 Å². The van der Waals surface area contributed by atoms with Crippen molar-refractivity contribution in [3.8, 4) is 0 Å². The Hall–Kier alpha value is -0.540. The summed E-state index contributed by atoms with van der Waals surface area (Å²) in [5.74, 6) is 2.26. The van der Waals surface area contributed by atoms with E-state index in [1.54, 1.807) is 0 Å². The zero-order chi connectivity index (χ0) is 13.2. The molecule has 1 N–H and O–H groups in total. The molecule has 2 rings (SSSR count). The fourth-order valence-corrected chi connectivity index (χ4v) is 3.86. The van der Waals surface area contributed by atoms with Crippen molar-refractivity contribution in [2.24, 2.45) is 5.41 Å². The minimum atomic E-state index is -0.166. The molecule has 0 bridgehead atoms. The van der Waals surface area contributed by atoms with Crippen molar-refractivity contribution >= 4 is 11.8 Å². The van der Waals surface area contributed by atoms with Crippen LogP contribution >= 0.6 is 11.8 Å². The molecule has 0 amide bonds. The number of rotatable bonds is 3. The monoisotopic (exact) mass is 267 g/mol. The predicted octanol–water partition coefficient (Wildman–Crippen LogP) is 4.01. The molecule has 18 heavy (non-hydrogen) atoms. The van der Waals surface area contributed by atoms with Crippen LogP contribution in [-0.2, 0) is 0 Å². The van der Waals surface area contributed by atoms with Crippen LogP contribution in [0.5, 0.6) is 0 Å². The molecule has 1 nitrogen and oxygen atoms in total.